The van der Waals surface area contributed by atoms with Crippen LogP contribution in [0.4, 0.5) is 0 Å². The summed E-state index contributed by atoms with van der Waals surface area (Å²) in [6.45, 7) is 7.00. The summed E-state index contributed by atoms with van der Waals surface area (Å²) in [4.78, 5) is 5.41. The zero-order valence-corrected chi connectivity index (χ0v) is 16.8. The molecule has 2 rings (SSSR count). The molecule has 0 spiro atoms. The Morgan fingerprint density at radius 3 is 2.26 bits per heavy atom. The second kappa shape index (κ2) is 11.0. The van der Waals surface area contributed by atoms with Crippen LogP contribution in [0.2, 0.25) is 0 Å². The van der Waals surface area contributed by atoms with Crippen molar-refractivity contribution in [1.82, 2.24) is 0 Å². The van der Waals surface area contributed by atoms with Crippen LogP contribution in [0.5, 0.6) is 0 Å². The lowest BCUT2D eigenvalue weighted by Gasteiger charge is -2.19. The fourth-order valence-corrected chi connectivity index (χ4v) is 3.01. The molecule has 148 valence electrons. The maximum atomic E-state index is 9.15. The maximum absolute atomic E-state index is 9.15. The summed E-state index contributed by atoms with van der Waals surface area (Å²) in [6, 6.07) is 8.32. The lowest BCUT2D eigenvalue weighted by molar-refractivity contribution is -0.0221. The molecule has 0 saturated heterocycles. The summed E-state index contributed by atoms with van der Waals surface area (Å²) in [5.74, 6) is 0.705. The standard InChI is InChI=1S/C17H20N2O2S.H2O4S/c1-4-20-15-11-17(16(21-5-2)10-14(15)19-18)22-13-8-6-12(3)7-9-13;1-5(2,3)4/h6-11,15H,4-5H2,1-3H3;(H2,1,2,3,4). The summed E-state index contributed by atoms with van der Waals surface area (Å²) < 4.78 is 42.9. The summed E-state index contributed by atoms with van der Waals surface area (Å²) in [5, 5.41) is 0. The van der Waals surface area contributed by atoms with E-state index >= 15 is 0 Å². The maximum Gasteiger partial charge on any atom is 0.394 e. The van der Waals surface area contributed by atoms with E-state index in [9.17, 15) is 0 Å². The second-order valence-electron chi connectivity index (χ2n) is 5.24. The molecule has 0 aliphatic heterocycles. The van der Waals surface area contributed by atoms with Gasteiger partial charge in [0.2, 0.25) is 0 Å². The Morgan fingerprint density at radius 2 is 1.78 bits per heavy atom. The highest BCUT2D eigenvalue weighted by molar-refractivity contribution is 8.03. The average molecular weight is 415 g/mol. The zero-order chi connectivity index (χ0) is 20.4. The van der Waals surface area contributed by atoms with E-state index in [4.69, 9.17) is 32.5 Å². The SMILES string of the molecule is CCOC1=CC(=[N+]=[N-])C(OCC)C=C1Sc1ccc(C)cc1.O=S(=O)(O)O. The average Bonchev–Trinajstić information content (AvgIpc) is 2.58. The normalized spacial score (nSPS) is 16.5. The highest BCUT2D eigenvalue weighted by Crippen LogP contribution is 2.35. The summed E-state index contributed by atoms with van der Waals surface area (Å²) >= 11 is 1.61. The van der Waals surface area contributed by atoms with Crippen LogP contribution in [0.3, 0.4) is 0 Å². The fourth-order valence-electron chi connectivity index (χ4n) is 2.08. The Labute approximate surface area is 163 Å². The molecule has 1 aromatic carbocycles. The highest BCUT2D eigenvalue weighted by atomic mass is 32.3. The third-order valence-corrected chi connectivity index (χ3v) is 4.19. The molecule has 0 amide bonds. The van der Waals surface area contributed by atoms with E-state index in [1.165, 1.54) is 5.56 Å². The molecule has 8 nitrogen and oxygen atoms in total. The molecule has 0 fully saturated rings. The van der Waals surface area contributed by atoms with Crippen molar-refractivity contribution in [2.45, 2.75) is 31.8 Å². The van der Waals surface area contributed by atoms with Crippen LogP contribution in [0, 0.1) is 6.92 Å². The number of thioether (sulfide) groups is 1. The molecule has 1 unspecified atom stereocenters. The van der Waals surface area contributed by atoms with Crippen LogP contribution in [0.15, 0.2) is 52.0 Å². The van der Waals surface area contributed by atoms with Gasteiger partial charge in [-0.1, -0.05) is 29.5 Å². The minimum Gasteiger partial charge on any atom is -0.492 e. The van der Waals surface area contributed by atoms with Crippen LogP contribution in [0.1, 0.15) is 19.4 Å². The monoisotopic (exact) mass is 414 g/mol. The van der Waals surface area contributed by atoms with Gasteiger partial charge in [-0.05, 0) is 39.0 Å². The van der Waals surface area contributed by atoms with Gasteiger partial charge < -0.3 is 15.0 Å². The molecule has 0 heterocycles. The fraction of sp³-hybridized carbons (Fsp3) is 0.353. The predicted octanol–water partition coefficient (Wildman–Crippen LogP) is 3.33. The lowest BCUT2D eigenvalue weighted by atomic mass is 10.1. The second-order valence-corrected chi connectivity index (χ2v) is 7.25. The summed E-state index contributed by atoms with van der Waals surface area (Å²) in [7, 11) is -4.67. The van der Waals surface area contributed by atoms with Crippen LogP contribution >= 0.6 is 11.8 Å². The van der Waals surface area contributed by atoms with E-state index in [0.717, 1.165) is 9.80 Å². The largest absolute Gasteiger partial charge is 0.492 e. The quantitative estimate of drug-likeness (QED) is 0.415. The molecule has 1 aliphatic carbocycles. The number of ether oxygens (including phenoxy) is 2. The van der Waals surface area contributed by atoms with E-state index in [0.29, 0.717) is 24.7 Å². The predicted molar refractivity (Wildman–Crippen MR) is 103 cm³/mol. The van der Waals surface area contributed by atoms with Gasteiger partial charge in [-0.25, -0.2) is 0 Å². The Bertz CT molecular complexity index is 833. The number of benzene rings is 1. The molecule has 2 N–H and O–H groups in total. The first kappa shape index (κ1) is 23.1. The number of aryl methyl sites for hydroxylation is 1. The molecule has 0 radical (unpaired) electrons. The van der Waals surface area contributed by atoms with E-state index < -0.39 is 10.4 Å². The molecular formula is C17H22N2O6S2. The molecular weight excluding hydrogens is 392 g/mol. The van der Waals surface area contributed by atoms with E-state index in [2.05, 4.69) is 36.0 Å². The van der Waals surface area contributed by atoms with Crippen LogP contribution in [0.25, 0.3) is 5.53 Å². The third kappa shape index (κ3) is 9.00. The molecule has 1 aliphatic rings. The first-order valence-electron chi connectivity index (χ1n) is 8.02. The van der Waals surface area contributed by atoms with E-state index in [-0.39, 0.29) is 6.10 Å². The lowest BCUT2D eigenvalue weighted by Crippen LogP contribution is -2.25. The van der Waals surface area contributed by atoms with E-state index in [1.807, 2.05) is 19.9 Å². The Hall–Kier alpha value is -1.94. The van der Waals surface area contributed by atoms with Crippen molar-refractivity contribution in [3.05, 3.63) is 58.2 Å². The van der Waals surface area contributed by atoms with Crippen LogP contribution < -0.4 is 0 Å². The van der Waals surface area contributed by atoms with Crippen LogP contribution in [-0.2, 0) is 19.9 Å². The van der Waals surface area contributed by atoms with Crippen molar-refractivity contribution >= 4 is 27.9 Å². The molecule has 1 aromatic rings. The van der Waals surface area contributed by atoms with Gasteiger partial charge in [0, 0.05) is 11.5 Å². The van der Waals surface area contributed by atoms with Crippen LogP contribution in [-0.4, -0.2) is 47.3 Å². The van der Waals surface area contributed by atoms with Crippen molar-refractivity contribution in [2.75, 3.05) is 13.2 Å². The first-order valence-corrected chi connectivity index (χ1v) is 10.2. The van der Waals surface area contributed by atoms with Gasteiger partial charge in [-0.15, -0.1) is 0 Å². The highest BCUT2D eigenvalue weighted by Gasteiger charge is 2.28. The molecule has 1 atom stereocenters. The summed E-state index contributed by atoms with van der Waals surface area (Å²) in [6.07, 6.45) is 3.32. The molecule has 0 aromatic heterocycles. The summed E-state index contributed by atoms with van der Waals surface area (Å²) in [5.41, 5.74) is 10.8. The smallest absolute Gasteiger partial charge is 0.394 e. The minimum atomic E-state index is -4.67. The van der Waals surface area contributed by atoms with Gasteiger partial charge in [-0.3, -0.25) is 9.11 Å². The van der Waals surface area contributed by atoms with Gasteiger partial charge in [0.1, 0.15) is 5.76 Å². The first-order chi connectivity index (χ1) is 12.7. The van der Waals surface area contributed by atoms with Gasteiger partial charge in [-0.2, -0.15) is 13.2 Å². The van der Waals surface area contributed by atoms with Gasteiger partial charge >= 0.3 is 16.1 Å². The van der Waals surface area contributed by atoms with Crippen molar-refractivity contribution in [2.24, 2.45) is 0 Å². The van der Waals surface area contributed by atoms with Gasteiger partial charge in [0.25, 0.3) is 0 Å². The molecule has 0 saturated carbocycles. The topological polar surface area (TPSA) is 129 Å². The Kier molecular flexibility index (Phi) is 9.44. The van der Waals surface area contributed by atoms with Gasteiger partial charge in [0.05, 0.1) is 17.6 Å². The minimum absolute atomic E-state index is 0.354. The van der Waals surface area contributed by atoms with Crippen molar-refractivity contribution < 1.29 is 31.8 Å². The Morgan fingerprint density at radius 1 is 1.19 bits per heavy atom. The van der Waals surface area contributed by atoms with Crippen molar-refractivity contribution in [3.63, 3.8) is 0 Å². The third-order valence-electron chi connectivity index (χ3n) is 3.13. The van der Waals surface area contributed by atoms with E-state index in [1.54, 1.807) is 17.8 Å². The van der Waals surface area contributed by atoms with Gasteiger partial charge in [0.15, 0.2) is 6.10 Å². The Balaban J connectivity index is 0.000000646. The molecule has 0 bridgehead atoms. The number of hydrogen-bond acceptors (Lipinski definition) is 5. The number of nitrogens with zero attached hydrogens (tertiary/aromatic N) is 2. The zero-order valence-electron chi connectivity index (χ0n) is 15.2. The number of rotatable bonds is 6. The molecule has 27 heavy (non-hydrogen) atoms. The van der Waals surface area contributed by atoms with Crippen molar-refractivity contribution in [3.8, 4) is 0 Å². The van der Waals surface area contributed by atoms with Crippen molar-refractivity contribution in [1.29, 1.82) is 0 Å². The molecule has 10 heteroatoms. The number of hydrogen-bond donors (Lipinski definition) is 2.